The molecule has 0 aliphatic rings. The molecule has 0 aliphatic carbocycles. The minimum atomic E-state index is -0.853. The highest BCUT2D eigenvalue weighted by atomic mass is 35.5. The Hall–Kier alpha value is -2.66. The first-order chi connectivity index (χ1) is 11.0. The first kappa shape index (κ1) is 16.7. The van der Waals surface area contributed by atoms with Gasteiger partial charge in [0.05, 0.1) is 6.21 Å². The molecule has 0 unspecified atom stereocenters. The molecule has 0 fully saturated rings. The van der Waals surface area contributed by atoms with Gasteiger partial charge in [0, 0.05) is 16.3 Å². The summed E-state index contributed by atoms with van der Waals surface area (Å²) in [5.74, 6) is -1.63. The van der Waals surface area contributed by atoms with Gasteiger partial charge in [-0.25, -0.2) is 5.43 Å². The van der Waals surface area contributed by atoms with Crippen LogP contribution in [0.3, 0.4) is 0 Å². The van der Waals surface area contributed by atoms with E-state index in [4.69, 9.17) is 11.6 Å². The summed E-state index contributed by atoms with van der Waals surface area (Å²) in [6.45, 7) is 3.76. The average Bonchev–Trinajstić information content (AvgIpc) is 2.52. The van der Waals surface area contributed by atoms with Crippen molar-refractivity contribution in [2.45, 2.75) is 13.8 Å². The van der Waals surface area contributed by atoms with Crippen LogP contribution in [0, 0.1) is 13.8 Å². The number of carbonyl (C=O) groups is 2. The zero-order chi connectivity index (χ0) is 16.8. The fourth-order valence-electron chi connectivity index (χ4n) is 1.84. The largest absolute Gasteiger partial charge is 0.329 e. The summed E-state index contributed by atoms with van der Waals surface area (Å²) in [5, 5.41) is 6.80. The first-order valence-electron chi connectivity index (χ1n) is 6.93. The minimum Gasteiger partial charge on any atom is -0.317 e. The SMILES string of the molecule is Cc1ccc(C)c(NC(=O)C(=O)N/N=C\c2ccccc2Cl)c1. The summed E-state index contributed by atoms with van der Waals surface area (Å²) in [7, 11) is 0. The molecule has 2 N–H and O–H groups in total. The number of nitrogens with zero attached hydrogens (tertiary/aromatic N) is 1. The summed E-state index contributed by atoms with van der Waals surface area (Å²) < 4.78 is 0. The molecule has 0 heterocycles. The molecule has 0 saturated carbocycles. The zero-order valence-corrected chi connectivity index (χ0v) is 13.5. The van der Waals surface area contributed by atoms with Gasteiger partial charge in [-0.1, -0.05) is 41.9 Å². The van der Waals surface area contributed by atoms with Crippen LogP contribution < -0.4 is 10.7 Å². The van der Waals surface area contributed by atoms with Gasteiger partial charge >= 0.3 is 11.8 Å². The second-order valence-electron chi connectivity index (χ2n) is 4.99. The van der Waals surface area contributed by atoms with Crippen LogP contribution >= 0.6 is 11.6 Å². The third-order valence-electron chi connectivity index (χ3n) is 3.12. The van der Waals surface area contributed by atoms with E-state index in [0.29, 0.717) is 16.3 Å². The Bertz CT molecular complexity index is 772. The molecular formula is C17H16ClN3O2. The molecule has 5 nitrogen and oxygen atoms in total. The lowest BCUT2D eigenvalue weighted by Crippen LogP contribution is -2.32. The molecule has 2 aromatic carbocycles. The van der Waals surface area contributed by atoms with Crippen LogP contribution in [0.5, 0.6) is 0 Å². The minimum absolute atomic E-state index is 0.505. The van der Waals surface area contributed by atoms with Gasteiger partial charge in [-0.2, -0.15) is 5.10 Å². The summed E-state index contributed by atoms with van der Waals surface area (Å²) in [6.07, 6.45) is 1.38. The highest BCUT2D eigenvalue weighted by Gasteiger charge is 2.14. The van der Waals surface area contributed by atoms with Gasteiger partial charge < -0.3 is 5.32 Å². The van der Waals surface area contributed by atoms with Gasteiger partial charge in [0.1, 0.15) is 0 Å². The second kappa shape index (κ2) is 7.56. The maximum atomic E-state index is 11.9. The Morgan fingerprint density at radius 2 is 1.83 bits per heavy atom. The van der Waals surface area contributed by atoms with Gasteiger partial charge in [-0.15, -0.1) is 0 Å². The summed E-state index contributed by atoms with van der Waals surface area (Å²) in [6, 6.07) is 12.6. The fourth-order valence-corrected chi connectivity index (χ4v) is 2.03. The number of rotatable bonds is 3. The molecule has 0 radical (unpaired) electrons. The predicted octanol–water partition coefficient (Wildman–Crippen LogP) is 3.05. The Morgan fingerprint density at radius 3 is 2.57 bits per heavy atom. The van der Waals surface area contributed by atoms with Crippen LogP contribution in [0.4, 0.5) is 5.69 Å². The number of anilines is 1. The van der Waals surface area contributed by atoms with Gasteiger partial charge in [-0.05, 0) is 37.1 Å². The van der Waals surface area contributed by atoms with Gasteiger partial charge in [-0.3, -0.25) is 9.59 Å². The zero-order valence-electron chi connectivity index (χ0n) is 12.8. The number of hydrogen-bond acceptors (Lipinski definition) is 3. The molecule has 0 spiro atoms. The van der Waals surface area contributed by atoms with E-state index in [1.54, 1.807) is 30.3 Å². The lowest BCUT2D eigenvalue weighted by molar-refractivity contribution is -0.136. The number of benzene rings is 2. The quantitative estimate of drug-likeness (QED) is 0.516. The number of hydrazone groups is 1. The van der Waals surface area contributed by atoms with Crippen molar-refractivity contribution < 1.29 is 9.59 Å². The van der Waals surface area contributed by atoms with Crippen LogP contribution in [0.2, 0.25) is 5.02 Å². The van der Waals surface area contributed by atoms with Crippen molar-refractivity contribution >= 4 is 35.3 Å². The molecule has 0 aromatic heterocycles. The highest BCUT2D eigenvalue weighted by molar-refractivity contribution is 6.39. The molecule has 0 aliphatic heterocycles. The van der Waals surface area contributed by atoms with Crippen molar-refractivity contribution in [3.05, 3.63) is 64.2 Å². The maximum Gasteiger partial charge on any atom is 0.329 e. The van der Waals surface area contributed by atoms with E-state index in [1.807, 2.05) is 26.0 Å². The van der Waals surface area contributed by atoms with E-state index >= 15 is 0 Å². The predicted molar refractivity (Wildman–Crippen MR) is 91.7 cm³/mol. The van der Waals surface area contributed by atoms with E-state index < -0.39 is 11.8 Å². The van der Waals surface area contributed by atoms with Crippen LogP contribution in [-0.2, 0) is 9.59 Å². The van der Waals surface area contributed by atoms with Crippen molar-refractivity contribution in [1.82, 2.24) is 5.43 Å². The van der Waals surface area contributed by atoms with Crippen LogP contribution in [0.15, 0.2) is 47.6 Å². The van der Waals surface area contributed by atoms with E-state index in [-0.39, 0.29) is 0 Å². The number of hydrogen-bond donors (Lipinski definition) is 2. The lowest BCUT2D eigenvalue weighted by atomic mass is 10.1. The summed E-state index contributed by atoms with van der Waals surface area (Å²) >= 11 is 5.96. The number of nitrogens with one attached hydrogen (secondary N) is 2. The fraction of sp³-hybridized carbons (Fsp3) is 0.118. The number of amides is 2. The Labute approximate surface area is 139 Å². The molecule has 2 rings (SSSR count). The lowest BCUT2D eigenvalue weighted by Gasteiger charge is -2.08. The number of aryl methyl sites for hydroxylation is 2. The van der Waals surface area contributed by atoms with E-state index in [2.05, 4.69) is 15.8 Å². The molecule has 2 amide bonds. The number of halogens is 1. The van der Waals surface area contributed by atoms with Crippen LogP contribution in [0.1, 0.15) is 16.7 Å². The Kier molecular flexibility index (Phi) is 5.49. The third kappa shape index (κ3) is 4.66. The van der Waals surface area contributed by atoms with Crippen LogP contribution in [-0.4, -0.2) is 18.0 Å². The van der Waals surface area contributed by atoms with Gasteiger partial charge in [0.2, 0.25) is 0 Å². The molecule has 23 heavy (non-hydrogen) atoms. The van der Waals surface area contributed by atoms with E-state index in [1.165, 1.54) is 6.21 Å². The maximum absolute atomic E-state index is 11.9. The molecule has 0 bridgehead atoms. The van der Waals surface area contributed by atoms with Crippen molar-refractivity contribution in [1.29, 1.82) is 0 Å². The van der Waals surface area contributed by atoms with Gasteiger partial charge in [0.15, 0.2) is 0 Å². The van der Waals surface area contributed by atoms with E-state index in [9.17, 15) is 9.59 Å². The van der Waals surface area contributed by atoms with Crippen molar-refractivity contribution in [3.63, 3.8) is 0 Å². The monoisotopic (exact) mass is 329 g/mol. The third-order valence-corrected chi connectivity index (χ3v) is 3.47. The topological polar surface area (TPSA) is 70.6 Å². The molecular weight excluding hydrogens is 314 g/mol. The molecule has 2 aromatic rings. The molecule has 118 valence electrons. The number of carbonyl (C=O) groups excluding carboxylic acids is 2. The molecule has 6 heteroatoms. The molecule has 0 saturated heterocycles. The van der Waals surface area contributed by atoms with Gasteiger partial charge in [0.25, 0.3) is 0 Å². The van der Waals surface area contributed by atoms with Crippen LogP contribution in [0.25, 0.3) is 0 Å². The van der Waals surface area contributed by atoms with Crippen molar-refractivity contribution in [3.8, 4) is 0 Å². The highest BCUT2D eigenvalue weighted by Crippen LogP contribution is 2.16. The van der Waals surface area contributed by atoms with Crippen molar-refractivity contribution in [2.24, 2.45) is 5.10 Å². The Balaban J connectivity index is 1.97. The van der Waals surface area contributed by atoms with E-state index in [0.717, 1.165) is 11.1 Å². The standard InChI is InChI=1S/C17H16ClN3O2/c1-11-7-8-12(2)15(9-11)20-16(22)17(23)21-19-10-13-5-3-4-6-14(13)18/h3-10H,1-2H3,(H,20,22)(H,21,23)/b19-10-. The van der Waals surface area contributed by atoms with Crippen molar-refractivity contribution in [2.75, 3.05) is 5.32 Å². The smallest absolute Gasteiger partial charge is 0.317 e. The summed E-state index contributed by atoms with van der Waals surface area (Å²) in [4.78, 5) is 23.6. The molecule has 0 atom stereocenters. The Morgan fingerprint density at radius 1 is 1.09 bits per heavy atom. The first-order valence-corrected chi connectivity index (χ1v) is 7.31. The normalized spacial score (nSPS) is 10.6. The second-order valence-corrected chi connectivity index (χ2v) is 5.40. The summed E-state index contributed by atoms with van der Waals surface area (Å²) in [5.41, 5.74) is 5.27. The average molecular weight is 330 g/mol.